The smallest absolute Gasteiger partial charge is 0.0332 e. The molecule has 2 N–H and O–H groups in total. The van der Waals surface area contributed by atoms with Crippen molar-refractivity contribution < 1.29 is 0 Å². The summed E-state index contributed by atoms with van der Waals surface area (Å²) in [7, 11) is 0. The molecule has 0 aliphatic heterocycles. The molecule has 1 nitrogen and oxygen atoms in total. The highest BCUT2D eigenvalue weighted by atomic mass is 79.9. The molecule has 3 aliphatic carbocycles. The van der Waals surface area contributed by atoms with E-state index in [0.717, 1.165) is 29.6 Å². The standard InChI is InChI=1S/C17H22BrN/c1-8-6-13(18)9(2)5-12(8)17(19)16-14-10-3-4-11(7-10)15(14)16/h5-6,10-11,14-17H,3-4,7,19H2,1-2H3. The molecular formula is C17H22BrN. The summed E-state index contributed by atoms with van der Waals surface area (Å²) < 4.78 is 1.21. The van der Waals surface area contributed by atoms with Gasteiger partial charge in [-0.2, -0.15) is 0 Å². The lowest BCUT2D eigenvalue weighted by atomic mass is 9.90. The Morgan fingerprint density at radius 2 is 1.74 bits per heavy atom. The Hall–Kier alpha value is -0.340. The van der Waals surface area contributed by atoms with Crippen LogP contribution in [0.15, 0.2) is 16.6 Å². The van der Waals surface area contributed by atoms with Gasteiger partial charge in [-0.1, -0.05) is 22.0 Å². The summed E-state index contributed by atoms with van der Waals surface area (Å²) in [4.78, 5) is 0. The molecule has 4 rings (SSSR count). The van der Waals surface area contributed by atoms with E-state index < -0.39 is 0 Å². The van der Waals surface area contributed by atoms with E-state index in [-0.39, 0.29) is 6.04 Å². The van der Waals surface area contributed by atoms with Gasteiger partial charge < -0.3 is 5.73 Å². The molecule has 3 saturated carbocycles. The van der Waals surface area contributed by atoms with Crippen LogP contribution in [0.4, 0.5) is 0 Å². The van der Waals surface area contributed by atoms with Crippen molar-refractivity contribution in [3.8, 4) is 0 Å². The lowest BCUT2D eigenvalue weighted by Crippen LogP contribution is -2.18. The third-order valence-corrected chi connectivity index (χ3v) is 6.97. The molecule has 19 heavy (non-hydrogen) atoms. The van der Waals surface area contributed by atoms with E-state index in [0.29, 0.717) is 0 Å². The van der Waals surface area contributed by atoms with Gasteiger partial charge in [0.25, 0.3) is 0 Å². The van der Waals surface area contributed by atoms with Gasteiger partial charge in [0.1, 0.15) is 0 Å². The Morgan fingerprint density at radius 1 is 1.11 bits per heavy atom. The molecule has 5 unspecified atom stereocenters. The van der Waals surface area contributed by atoms with Gasteiger partial charge in [-0.3, -0.25) is 0 Å². The van der Waals surface area contributed by atoms with E-state index in [1.165, 1.54) is 40.4 Å². The number of nitrogens with two attached hydrogens (primary N) is 1. The minimum atomic E-state index is 0.269. The molecule has 0 saturated heterocycles. The predicted molar refractivity (Wildman–Crippen MR) is 81.8 cm³/mol. The molecule has 0 radical (unpaired) electrons. The number of hydrogen-bond acceptors (Lipinski definition) is 1. The van der Waals surface area contributed by atoms with Crippen molar-refractivity contribution in [1.82, 2.24) is 0 Å². The van der Waals surface area contributed by atoms with E-state index in [2.05, 4.69) is 41.9 Å². The van der Waals surface area contributed by atoms with Crippen molar-refractivity contribution in [1.29, 1.82) is 0 Å². The Kier molecular flexibility index (Phi) is 2.66. The van der Waals surface area contributed by atoms with Crippen molar-refractivity contribution in [3.63, 3.8) is 0 Å². The van der Waals surface area contributed by atoms with Gasteiger partial charge in [0.2, 0.25) is 0 Å². The second-order valence-corrected chi connectivity index (χ2v) is 7.90. The number of fused-ring (bicyclic) bond motifs is 5. The lowest BCUT2D eigenvalue weighted by Gasteiger charge is -2.19. The van der Waals surface area contributed by atoms with Crippen LogP contribution in [0.1, 0.15) is 42.0 Å². The minimum Gasteiger partial charge on any atom is -0.324 e. The third kappa shape index (κ3) is 1.69. The zero-order chi connectivity index (χ0) is 13.3. The number of halogens is 1. The van der Waals surface area contributed by atoms with Crippen molar-refractivity contribution in [2.45, 2.75) is 39.2 Å². The second kappa shape index (κ2) is 4.08. The molecule has 0 heterocycles. The summed E-state index contributed by atoms with van der Waals surface area (Å²) in [5, 5.41) is 0. The fourth-order valence-corrected chi connectivity index (χ4v) is 5.70. The van der Waals surface area contributed by atoms with Crippen LogP contribution in [-0.2, 0) is 0 Å². The summed E-state index contributed by atoms with van der Waals surface area (Å²) in [6, 6.07) is 4.81. The molecule has 1 aromatic carbocycles. The van der Waals surface area contributed by atoms with Crippen LogP contribution in [0.5, 0.6) is 0 Å². The molecule has 1 aromatic rings. The second-order valence-electron chi connectivity index (χ2n) is 7.05. The Morgan fingerprint density at radius 3 is 2.37 bits per heavy atom. The average Bonchev–Trinajstić information content (AvgIpc) is 2.81. The van der Waals surface area contributed by atoms with Crippen LogP contribution in [0.25, 0.3) is 0 Å². The van der Waals surface area contributed by atoms with Crippen molar-refractivity contribution in [2.24, 2.45) is 35.3 Å². The van der Waals surface area contributed by atoms with Crippen molar-refractivity contribution >= 4 is 15.9 Å². The summed E-state index contributed by atoms with van der Waals surface area (Å²) in [6.45, 7) is 4.36. The Bertz CT molecular complexity index is 522. The molecule has 0 aromatic heterocycles. The topological polar surface area (TPSA) is 26.0 Å². The van der Waals surface area contributed by atoms with Crippen LogP contribution in [0.2, 0.25) is 0 Å². The van der Waals surface area contributed by atoms with Crippen molar-refractivity contribution in [2.75, 3.05) is 0 Å². The molecule has 0 amide bonds. The maximum atomic E-state index is 6.65. The third-order valence-electron chi connectivity index (χ3n) is 6.12. The van der Waals surface area contributed by atoms with E-state index in [4.69, 9.17) is 5.73 Å². The highest BCUT2D eigenvalue weighted by molar-refractivity contribution is 9.10. The van der Waals surface area contributed by atoms with Crippen LogP contribution in [-0.4, -0.2) is 0 Å². The molecule has 3 fully saturated rings. The van der Waals surface area contributed by atoms with Gasteiger partial charge >= 0.3 is 0 Å². The highest BCUT2D eigenvalue weighted by Crippen LogP contribution is 2.71. The van der Waals surface area contributed by atoms with Gasteiger partial charge in [0, 0.05) is 10.5 Å². The normalized spacial score (nSPS) is 40.3. The SMILES string of the molecule is Cc1cc(C(N)C2C3C4CCC(C4)C32)c(C)cc1Br. The monoisotopic (exact) mass is 319 g/mol. The summed E-state index contributed by atoms with van der Waals surface area (Å²) in [6.07, 6.45) is 4.47. The van der Waals surface area contributed by atoms with E-state index in [1.807, 2.05) is 0 Å². The Balaban J connectivity index is 1.62. The van der Waals surface area contributed by atoms with Crippen LogP contribution in [0, 0.1) is 43.4 Å². The Labute approximate surface area is 124 Å². The molecular weight excluding hydrogens is 298 g/mol. The fraction of sp³-hybridized carbons (Fsp3) is 0.647. The number of aryl methyl sites for hydroxylation is 2. The van der Waals surface area contributed by atoms with Gasteiger partial charge in [-0.05, 0) is 85.5 Å². The average molecular weight is 320 g/mol. The van der Waals surface area contributed by atoms with Gasteiger partial charge in [-0.25, -0.2) is 0 Å². The van der Waals surface area contributed by atoms with Gasteiger partial charge in [0.15, 0.2) is 0 Å². The summed E-state index contributed by atoms with van der Waals surface area (Å²) in [5.74, 6) is 4.76. The lowest BCUT2D eigenvalue weighted by molar-refractivity contribution is 0.417. The zero-order valence-corrected chi connectivity index (χ0v) is 13.3. The number of benzene rings is 1. The molecule has 3 aliphatic rings. The van der Waals surface area contributed by atoms with E-state index in [1.54, 1.807) is 0 Å². The molecule has 2 heteroatoms. The molecule has 102 valence electrons. The maximum absolute atomic E-state index is 6.65. The summed E-state index contributed by atoms with van der Waals surface area (Å²) >= 11 is 3.62. The van der Waals surface area contributed by atoms with Gasteiger partial charge in [0.05, 0.1) is 0 Å². The quantitative estimate of drug-likeness (QED) is 0.861. The highest BCUT2D eigenvalue weighted by Gasteiger charge is 2.66. The first-order valence-electron chi connectivity index (χ1n) is 7.60. The minimum absolute atomic E-state index is 0.269. The molecule has 2 bridgehead atoms. The van der Waals surface area contributed by atoms with E-state index in [9.17, 15) is 0 Å². The van der Waals surface area contributed by atoms with E-state index >= 15 is 0 Å². The van der Waals surface area contributed by atoms with Crippen molar-refractivity contribution in [3.05, 3.63) is 33.3 Å². The number of hydrogen-bond donors (Lipinski definition) is 1. The first kappa shape index (κ1) is 12.4. The van der Waals surface area contributed by atoms with Crippen LogP contribution in [0.3, 0.4) is 0 Å². The summed E-state index contributed by atoms with van der Waals surface area (Å²) in [5.41, 5.74) is 10.7. The first-order chi connectivity index (χ1) is 9.08. The number of rotatable bonds is 2. The fourth-order valence-electron chi connectivity index (χ4n) is 5.24. The molecule has 0 spiro atoms. The predicted octanol–water partition coefficient (Wildman–Crippen LogP) is 4.36. The van der Waals surface area contributed by atoms with Gasteiger partial charge in [-0.15, -0.1) is 0 Å². The zero-order valence-electron chi connectivity index (χ0n) is 11.7. The largest absolute Gasteiger partial charge is 0.324 e. The molecule has 5 atom stereocenters. The first-order valence-corrected chi connectivity index (χ1v) is 8.39. The van der Waals surface area contributed by atoms with Crippen LogP contribution < -0.4 is 5.73 Å². The maximum Gasteiger partial charge on any atom is 0.0332 e. The van der Waals surface area contributed by atoms with Crippen LogP contribution >= 0.6 is 15.9 Å².